The van der Waals surface area contributed by atoms with Crippen LogP contribution < -0.4 is 5.32 Å². The fourth-order valence-corrected chi connectivity index (χ4v) is 1.44. The molecule has 0 saturated carbocycles. The molecule has 1 aromatic heterocycles. The highest BCUT2D eigenvalue weighted by atomic mass is 16.5. The van der Waals surface area contributed by atoms with Crippen LogP contribution in [-0.4, -0.2) is 45.0 Å². The molecule has 0 radical (unpaired) electrons. The van der Waals surface area contributed by atoms with E-state index in [0.29, 0.717) is 6.61 Å². The zero-order chi connectivity index (χ0) is 11.6. The van der Waals surface area contributed by atoms with E-state index in [9.17, 15) is 0 Å². The van der Waals surface area contributed by atoms with Gasteiger partial charge in [-0.15, -0.1) is 0 Å². The Morgan fingerprint density at radius 2 is 2.31 bits per heavy atom. The van der Waals surface area contributed by atoms with Gasteiger partial charge in [-0.1, -0.05) is 6.07 Å². The molecule has 4 heteroatoms. The molecule has 0 saturated heterocycles. The molecular weight excluding hydrogens is 204 g/mol. The number of ether oxygens (including phenoxy) is 2. The second-order valence-corrected chi connectivity index (χ2v) is 3.63. The predicted octanol–water partition coefficient (Wildman–Crippen LogP) is 0.875. The molecule has 1 atom stereocenters. The van der Waals surface area contributed by atoms with E-state index in [0.717, 1.165) is 19.5 Å². The van der Waals surface area contributed by atoms with Crippen LogP contribution in [0.5, 0.6) is 0 Å². The molecule has 0 aliphatic heterocycles. The summed E-state index contributed by atoms with van der Waals surface area (Å²) in [5, 5.41) is 3.34. The maximum Gasteiger partial charge on any atom is 0.0928 e. The molecule has 0 aliphatic rings. The molecule has 90 valence electrons. The zero-order valence-corrected chi connectivity index (χ0v) is 9.98. The van der Waals surface area contributed by atoms with Crippen molar-refractivity contribution in [3.05, 3.63) is 30.1 Å². The minimum Gasteiger partial charge on any atom is -0.382 e. The Hall–Kier alpha value is -0.970. The van der Waals surface area contributed by atoms with Crippen LogP contribution in [0.25, 0.3) is 0 Å². The van der Waals surface area contributed by atoms with Crippen molar-refractivity contribution >= 4 is 0 Å². The van der Waals surface area contributed by atoms with Crippen LogP contribution in [0.4, 0.5) is 0 Å². The minimum atomic E-state index is 0.124. The number of methoxy groups -OCH3 is 2. The van der Waals surface area contributed by atoms with Gasteiger partial charge in [0.25, 0.3) is 0 Å². The predicted molar refractivity (Wildman–Crippen MR) is 63.5 cm³/mol. The second-order valence-electron chi connectivity index (χ2n) is 3.63. The molecule has 1 N–H and O–H groups in total. The van der Waals surface area contributed by atoms with E-state index in [4.69, 9.17) is 9.47 Å². The van der Waals surface area contributed by atoms with Gasteiger partial charge < -0.3 is 14.8 Å². The van der Waals surface area contributed by atoms with Crippen molar-refractivity contribution in [1.29, 1.82) is 0 Å². The van der Waals surface area contributed by atoms with Gasteiger partial charge in [0.15, 0.2) is 0 Å². The summed E-state index contributed by atoms with van der Waals surface area (Å²) < 4.78 is 10.3. The van der Waals surface area contributed by atoms with Crippen LogP contribution in [-0.2, 0) is 15.9 Å². The quantitative estimate of drug-likeness (QED) is 0.666. The molecule has 4 nitrogen and oxygen atoms in total. The fraction of sp³-hybridized carbons (Fsp3) is 0.583. The number of hydrogen-bond donors (Lipinski definition) is 1. The lowest BCUT2D eigenvalue weighted by molar-refractivity contribution is 0.0291. The molecular formula is C12H20N2O2. The SMILES string of the molecule is COCC(CNCCc1cccnc1)OC. The lowest BCUT2D eigenvalue weighted by atomic mass is 10.2. The molecule has 16 heavy (non-hydrogen) atoms. The van der Waals surface area contributed by atoms with Crippen LogP contribution in [0, 0.1) is 0 Å². The van der Waals surface area contributed by atoms with E-state index < -0.39 is 0 Å². The van der Waals surface area contributed by atoms with E-state index in [1.54, 1.807) is 20.4 Å². The topological polar surface area (TPSA) is 43.4 Å². The highest BCUT2D eigenvalue weighted by molar-refractivity contribution is 5.08. The zero-order valence-electron chi connectivity index (χ0n) is 9.98. The molecule has 0 amide bonds. The molecule has 0 bridgehead atoms. The maximum absolute atomic E-state index is 5.24. The highest BCUT2D eigenvalue weighted by Gasteiger charge is 2.05. The Labute approximate surface area is 97.0 Å². The van der Waals surface area contributed by atoms with Gasteiger partial charge >= 0.3 is 0 Å². The molecule has 0 aliphatic carbocycles. The summed E-state index contributed by atoms with van der Waals surface area (Å²) in [5.74, 6) is 0. The van der Waals surface area contributed by atoms with Crippen molar-refractivity contribution in [2.45, 2.75) is 12.5 Å². The van der Waals surface area contributed by atoms with Crippen LogP contribution in [0.15, 0.2) is 24.5 Å². The lowest BCUT2D eigenvalue weighted by Gasteiger charge is -2.14. The van der Waals surface area contributed by atoms with Gasteiger partial charge in [0, 0.05) is 33.2 Å². The van der Waals surface area contributed by atoms with Gasteiger partial charge in [-0.3, -0.25) is 4.98 Å². The smallest absolute Gasteiger partial charge is 0.0928 e. The van der Waals surface area contributed by atoms with E-state index in [1.807, 2.05) is 12.3 Å². The van der Waals surface area contributed by atoms with E-state index in [-0.39, 0.29) is 6.10 Å². The Kier molecular flexibility index (Phi) is 6.72. The monoisotopic (exact) mass is 224 g/mol. The summed E-state index contributed by atoms with van der Waals surface area (Å²) in [5.41, 5.74) is 1.25. The van der Waals surface area contributed by atoms with Crippen molar-refractivity contribution in [1.82, 2.24) is 10.3 Å². The highest BCUT2D eigenvalue weighted by Crippen LogP contribution is 1.95. The van der Waals surface area contributed by atoms with Crippen LogP contribution in [0.3, 0.4) is 0 Å². The van der Waals surface area contributed by atoms with Crippen molar-refractivity contribution < 1.29 is 9.47 Å². The van der Waals surface area contributed by atoms with Crippen molar-refractivity contribution in [3.63, 3.8) is 0 Å². The number of rotatable bonds is 8. The van der Waals surface area contributed by atoms with Crippen LogP contribution in [0.1, 0.15) is 5.56 Å². The van der Waals surface area contributed by atoms with E-state index in [2.05, 4.69) is 16.4 Å². The summed E-state index contributed by atoms with van der Waals surface area (Å²) in [6, 6.07) is 4.04. The first-order chi connectivity index (χ1) is 7.86. The van der Waals surface area contributed by atoms with Gasteiger partial charge in [-0.2, -0.15) is 0 Å². The second kappa shape index (κ2) is 8.21. The first-order valence-electron chi connectivity index (χ1n) is 5.48. The number of hydrogen-bond acceptors (Lipinski definition) is 4. The van der Waals surface area contributed by atoms with Crippen molar-refractivity contribution in [2.24, 2.45) is 0 Å². The van der Waals surface area contributed by atoms with E-state index in [1.165, 1.54) is 5.56 Å². The summed E-state index contributed by atoms with van der Waals surface area (Å²) in [7, 11) is 3.38. The first-order valence-corrected chi connectivity index (χ1v) is 5.48. The van der Waals surface area contributed by atoms with Gasteiger partial charge in [0.05, 0.1) is 12.7 Å². The molecule has 0 spiro atoms. The van der Waals surface area contributed by atoms with Gasteiger partial charge in [0.1, 0.15) is 0 Å². The Morgan fingerprint density at radius 3 is 2.94 bits per heavy atom. The minimum absolute atomic E-state index is 0.124. The van der Waals surface area contributed by atoms with Gasteiger partial charge in [-0.05, 0) is 24.6 Å². The average Bonchev–Trinajstić information content (AvgIpc) is 2.34. The third kappa shape index (κ3) is 5.21. The normalized spacial score (nSPS) is 12.6. The average molecular weight is 224 g/mol. The number of nitrogens with zero attached hydrogens (tertiary/aromatic N) is 1. The van der Waals surface area contributed by atoms with Crippen LogP contribution >= 0.6 is 0 Å². The standard InChI is InChI=1S/C12H20N2O2/c1-15-10-12(16-2)9-14-7-5-11-4-3-6-13-8-11/h3-4,6,8,12,14H,5,7,9-10H2,1-2H3. The maximum atomic E-state index is 5.24. The number of nitrogens with one attached hydrogen (secondary N) is 1. The number of pyridine rings is 1. The van der Waals surface area contributed by atoms with Crippen LogP contribution in [0.2, 0.25) is 0 Å². The Morgan fingerprint density at radius 1 is 1.44 bits per heavy atom. The molecule has 0 aromatic carbocycles. The Balaban J connectivity index is 2.11. The largest absolute Gasteiger partial charge is 0.382 e. The molecule has 1 aromatic rings. The molecule has 1 heterocycles. The summed E-state index contributed by atoms with van der Waals surface area (Å²) >= 11 is 0. The third-order valence-electron chi connectivity index (χ3n) is 2.37. The Bertz CT molecular complexity index is 267. The molecule has 1 rings (SSSR count). The van der Waals surface area contributed by atoms with Crippen molar-refractivity contribution in [2.75, 3.05) is 33.9 Å². The molecule has 0 fully saturated rings. The third-order valence-corrected chi connectivity index (χ3v) is 2.37. The first kappa shape index (κ1) is 13.1. The summed E-state index contributed by atoms with van der Waals surface area (Å²) in [6.45, 7) is 2.36. The van der Waals surface area contributed by atoms with Crippen molar-refractivity contribution in [3.8, 4) is 0 Å². The van der Waals surface area contributed by atoms with E-state index >= 15 is 0 Å². The summed E-state index contributed by atoms with van der Waals surface area (Å²) in [4.78, 5) is 4.07. The fourth-order valence-electron chi connectivity index (χ4n) is 1.44. The summed E-state index contributed by atoms with van der Waals surface area (Å²) in [6.07, 6.45) is 4.79. The van der Waals surface area contributed by atoms with Gasteiger partial charge in [0.2, 0.25) is 0 Å². The number of aromatic nitrogens is 1. The lowest BCUT2D eigenvalue weighted by Crippen LogP contribution is -2.32. The molecule has 1 unspecified atom stereocenters. The van der Waals surface area contributed by atoms with Gasteiger partial charge in [-0.25, -0.2) is 0 Å².